The maximum atomic E-state index is 10.9. The number of anilines is 3. The molecule has 2 rings (SSSR count). The van der Waals surface area contributed by atoms with Crippen molar-refractivity contribution in [3.8, 4) is 0 Å². The number of carboxylic acid groups (broad SMARTS) is 1. The van der Waals surface area contributed by atoms with Gasteiger partial charge in [-0.3, -0.25) is 4.68 Å². The lowest BCUT2D eigenvalue weighted by atomic mass is 10.1. The van der Waals surface area contributed by atoms with Gasteiger partial charge >= 0.3 is 5.97 Å². The molecule has 0 atom stereocenters. The lowest BCUT2D eigenvalue weighted by Gasteiger charge is -2.08. The fraction of sp³-hybridized carbons (Fsp3) is 0.167. The van der Waals surface area contributed by atoms with Gasteiger partial charge in [0, 0.05) is 12.7 Å². The third-order valence-corrected chi connectivity index (χ3v) is 2.54. The number of aryl methyl sites for hydroxylation is 1. The van der Waals surface area contributed by atoms with Crippen LogP contribution < -0.4 is 11.1 Å². The van der Waals surface area contributed by atoms with Gasteiger partial charge in [-0.1, -0.05) is 0 Å². The van der Waals surface area contributed by atoms with E-state index in [0.29, 0.717) is 11.4 Å². The van der Waals surface area contributed by atoms with Crippen LogP contribution in [0.4, 0.5) is 17.1 Å². The van der Waals surface area contributed by atoms with Crippen LogP contribution in [-0.2, 0) is 6.54 Å². The second-order valence-electron chi connectivity index (χ2n) is 3.82. The van der Waals surface area contributed by atoms with Gasteiger partial charge in [-0.15, -0.1) is 0 Å². The molecule has 94 valence electrons. The van der Waals surface area contributed by atoms with Gasteiger partial charge in [0.2, 0.25) is 0 Å². The number of nitrogens with two attached hydrogens (primary N) is 1. The van der Waals surface area contributed by atoms with Crippen molar-refractivity contribution in [2.24, 2.45) is 0 Å². The monoisotopic (exact) mass is 246 g/mol. The van der Waals surface area contributed by atoms with E-state index in [1.807, 2.05) is 13.1 Å². The molecule has 4 N–H and O–H groups in total. The van der Waals surface area contributed by atoms with Crippen LogP contribution in [0.3, 0.4) is 0 Å². The molecule has 6 heteroatoms. The first-order valence-corrected chi connectivity index (χ1v) is 5.52. The Kier molecular flexibility index (Phi) is 3.18. The summed E-state index contributed by atoms with van der Waals surface area (Å²) >= 11 is 0. The Bertz CT molecular complexity index is 577. The maximum Gasteiger partial charge on any atom is 0.335 e. The fourth-order valence-electron chi connectivity index (χ4n) is 1.55. The minimum absolute atomic E-state index is 0.189. The molecular formula is C12H14N4O2. The summed E-state index contributed by atoms with van der Waals surface area (Å²) in [7, 11) is 0. The van der Waals surface area contributed by atoms with Crippen LogP contribution in [-0.4, -0.2) is 20.9 Å². The zero-order chi connectivity index (χ0) is 13.1. The van der Waals surface area contributed by atoms with Crippen LogP contribution in [0.1, 0.15) is 17.3 Å². The zero-order valence-electron chi connectivity index (χ0n) is 9.92. The molecule has 0 saturated heterocycles. The van der Waals surface area contributed by atoms with E-state index in [4.69, 9.17) is 10.8 Å². The molecule has 1 aromatic carbocycles. The number of aromatic nitrogens is 2. The largest absolute Gasteiger partial charge is 0.478 e. The van der Waals surface area contributed by atoms with E-state index in [-0.39, 0.29) is 5.56 Å². The van der Waals surface area contributed by atoms with Crippen LogP contribution >= 0.6 is 0 Å². The summed E-state index contributed by atoms with van der Waals surface area (Å²) in [6, 6.07) is 4.54. The third-order valence-electron chi connectivity index (χ3n) is 2.54. The van der Waals surface area contributed by atoms with Crippen LogP contribution in [0.15, 0.2) is 30.6 Å². The Morgan fingerprint density at radius 2 is 2.33 bits per heavy atom. The third kappa shape index (κ3) is 2.42. The maximum absolute atomic E-state index is 10.9. The Labute approximate surface area is 104 Å². The first-order valence-electron chi connectivity index (χ1n) is 5.52. The quantitative estimate of drug-likeness (QED) is 0.717. The topological polar surface area (TPSA) is 93.2 Å². The number of aromatic carboxylic acids is 1. The molecule has 0 amide bonds. The smallest absolute Gasteiger partial charge is 0.335 e. The molecule has 0 aliphatic heterocycles. The molecule has 1 heterocycles. The van der Waals surface area contributed by atoms with E-state index in [9.17, 15) is 4.79 Å². The van der Waals surface area contributed by atoms with E-state index in [1.165, 1.54) is 12.1 Å². The first kappa shape index (κ1) is 12.0. The molecule has 0 saturated carbocycles. The normalized spacial score (nSPS) is 10.3. The van der Waals surface area contributed by atoms with Crippen molar-refractivity contribution in [2.45, 2.75) is 13.5 Å². The van der Waals surface area contributed by atoms with Crippen molar-refractivity contribution in [2.75, 3.05) is 11.1 Å². The van der Waals surface area contributed by atoms with Gasteiger partial charge in [-0.25, -0.2) is 4.79 Å². The number of rotatable bonds is 4. The number of benzene rings is 1. The Morgan fingerprint density at radius 3 is 2.94 bits per heavy atom. The molecule has 0 bridgehead atoms. The molecule has 0 aliphatic carbocycles. The molecule has 0 fully saturated rings. The van der Waals surface area contributed by atoms with Crippen molar-refractivity contribution in [3.05, 3.63) is 36.2 Å². The van der Waals surface area contributed by atoms with Gasteiger partial charge in [-0.05, 0) is 25.1 Å². The van der Waals surface area contributed by atoms with Gasteiger partial charge in [0.05, 0.1) is 28.8 Å². The summed E-state index contributed by atoms with van der Waals surface area (Å²) < 4.78 is 1.76. The highest BCUT2D eigenvalue weighted by Crippen LogP contribution is 2.24. The molecule has 0 aliphatic rings. The second kappa shape index (κ2) is 4.79. The molecule has 0 radical (unpaired) electrons. The minimum atomic E-state index is -0.984. The summed E-state index contributed by atoms with van der Waals surface area (Å²) in [6.07, 6.45) is 3.49. The van der Waals surface area contributed by atoms with Crippen molar-refractivity contribution in [1.82, 2.24) is 9.78 Å². The van der Waals surface area contributed by atoms with E-state index in [2.05, 4.69) is 10.4 Å². The zero-order valence-corrected chi connectivity index (χ0v) is 9.92. The number of carboxylic acids is 1. The number of hydrogen-bond donors (Lipinski definition) is 3. The summed E-state index contributed by atoms with van der Waals surface area (Å²) in [5.41, 5.74) is 7.80. The van der Waals surface area contributed by atoms with Crippen molar-refractivity contribution in [3.63, 3.8) is 0 Å². The molecule has 6 nitrogen and oxygen atoms in total. The number of carbonyl (C=O) groups is 1. The number of nitrogens with one attached hydrogen (secondary N) is 1. The SMILES string of the molecule is CCn1cc(Nc2cc(C(=O)O)ccc2N)cn1. The summed E-state index contributed by atoms with van der Waals surface area (Å²) in [4.78, 5) is 10.9. The van der Waals surface area contributed by atoms with Crippen molar-refractivity contribution in [1.29, 1.82) is 0 Å². The number of hydrogen-bond acceptors (Lipinski definition) is 4. The lowest BCUT2D eigenvalue weighted by Crippen LogP contribution is -2.01. The van der Waals surface area contributed by atoms with E-state index in [1.54, 1.807) is 16.9 Å². The first-order chi connectivity index (χ1) is 8.60. The van der Waals surface area contributed by atoms with Crippen molar-refractivity contribution >= 4 is 23.0 Å². The lowest BCUT2D eigenvalue weighted by molar-refractivity contribution is 0.0697. The van der Waals surface area contributed by atoms with Crippen LogP contribution in [0.25, 0.3) is 0 Å². The average Bonchev–Trinajstić information content (AvgIpc) is 2.79. The predicted molar refractivity (Wildman–Crippen MR) is 69.0 cm³/mol. The predicted octanol–water partition coefficient (Wildman–Crippen LogP) is 1.93. The van der Waals surface area contributed by atoms with E-state index in [0.717, 1.165) is 12.2 Å². The number of nitrogen functional groups attached to an aromatic ring is 1. The van der Waals surface area contributed by atoms with E-state index >= 15 is 0 Å². The molecule has 18 heavy (non-hydrogen) atoms. The molecule has 0 unspecified atom stereocenters. The van der Waals surface area contributed by atoms with Gasteiger partial charge in [0.1, 0.15) is 0 Å². The van der Waals surface area contributed by atoms with Gasteiger partial charge in [-0.2, -0.15) is 5.10 Å². The van der Waals surface area contributed by atoms with Crippen molar-refractivity contribution < 1.29 is 9.90 Å². The second-order valence-corrected chi connectivity index (χ2v) is 3.82. The highest BCUT2D eigenvalue weighted by atomic mass is 16.4. The summed E-state index contributed by atoms with van der Waals surface area (Å²) in [5.74, 6) is -0.984. The Balaban J connectivity index is 2.27. The van der Waals surface area contributed by atoms with Gasteiger partial charge in [0.15, 0.2) is 0 Å². The van der Waals surface area contributed by atoms with Crippen LogP contribution in [0.2, 0.25) is 0 Å². The van der Waals surface area contributed by atoms with E-state index < -0.39 is 5.97 Å². The average molecular weight is 246 g/mol. The highest BCUT2D eigenvalue weighted by Gasteiger charge is 2.07. The Morgan fingerprint density at radius 1 is 1.56 bits per heavy atom. The van der Waals surface area contributed by atoms with Gasteiger partial charge in [0.25, 0.3) is 0 Å². The fourth-order valence-corrected chi connectivity index (χ4v) is 1.55. The number of nitrogens with zero attached hydrogens (tertiary/aromatic N) is 2. The highest BCUT2D eigenvalue weighted by molar-refractivity contribution is 5.91. The molecule has 2 aromatic rings. The molecular weight excluding hydrogens is 232 g/mol. The van der Waals surface area contributed by atoms with Gasteiger partial charge < -0.3 is 16.2 Å². The summed E-state index contributed by atoms with van der Waals surface area (Å²) in [6.45, 7) is 2.75. The minimum Gasteiger partial charge on any atom is -0.478 e. The molecule has 1 aromatic heterocycles. The molecule has 0 spiro atoms. The van der Waals surface area contributed by atoms with Crippen LogP contribution in [0.5, 0.6) is 0 Å². The summed E-state index contributed by atoms with van der Waals surface area (Å²) in [5, 5.41) is 16.1. The van der Waals surface area contributed by atoms with Crippen LogP contribution in [0, 0.1) is 0 Å². The Hall–Kier alpha value is -2.50. The standard InChI is InChI=1S/C12H14N4O2/c1-2-16-7-9(6-14-16)15-11-5-8(12(17)18)3-4-10(11)13/h3-7,15H,2,13H2,1H3,(H,17,18).